The van der Waals surface area contributed by atoms with E-state index in [0.717, 1.165) is 12.1 Å². The fourth-order valence-electron chi connectivity index (χ4n) is 1.79. The van der Waals surface area contributed by atoms with Gasteiger partial charge >= 0.3 is 5.97 Å². The van der Waals surface area contributed by atoms with Gasteiger partial charge < -0.3 is 5.11 Å². The molecule has 0 aliphatic carbocycles. The molecule has 6 heteroatoms. The monoisotopic (exact) mass is 248 g/mol. The maximum Gasteiger partial charge on any atom is 0.320 e. The highest BCUT2D eigenvalue weighted by Crippen LogP contribution is 2.03. The van der Waals surface area contributed by atoms with E-state index in [9.17, 15) is 4.79 Å². The summed E-state index contributed by atoms with van der Waals surface area (Å²) in [5.74, 6) is -0.199. The van der Waals surface area contributed by atoms with Crippen molar-refractivity contribution in [2.45, 2.75) is 32.4 Å². The molecule has 0 spiro atoms. The molecule has 0 bridgehead atoms. The molecule has 0 aliphatic rings. The fraction of sp³-hybridized carbons (Fsp3) is 0.417. The summed E-state index contributed by atoms with van der Waals surface area (Å²) in [4.78, 5) is 19.4. The Morgan fingerprint density at radius 2 is 2.44 bits per heavy atom. The summed E-state index contributed by atoms with van der Waals surface area (Å²) in [5.41, 5.74) is 0.788. The topological polar surface area (TPSA) is 79.5 Å². The molecule has 2 aromatic rings. The van der Waals surface area contributed by atoms with Crippen molar-refractivity contribution in [2.75, 3.05) is 0 Å². The number of carbonyl (C=O) groups is 1. The summed E-state index contributed by atoms with van der Waals surface area (Å²) in [6.45, 7) is 2.40. The van der Waals surface area contributed by atoms with Gasteiger partial charge in [0.05, 0.1) is 5.69 Å². The van der Waals surface area contributed by atoms with Gasteiger partial charge in [0.25, 0.3) is 0 Å². The van der Waals surface area contributed by atoms with Gasteiger partial charge in [-0.05, 0) is 12.5 Å². The number of carboxylic acids is 1. The number of carboxylic acid groups (broad SMARTS) is 1. The molecular weight excluding hydrogens is 232 g/mol. The second-order valence-corrected chi connectivity index (χ2v) is 4.12. The molecule has 6 nitrogen and oxygen atoms in total. The van der Waals surface area contributed by atoms with Crippen LogP contribution in [-0.2, 0) is 11.3 Å². The van der Waals surface area contributed by atoms with Crippen LogP contribution in [0.5, 0.6) is 0 Å². The maximum atomic E-state index is 11.0. The number of hydrogen-bond acceptors (Lipinski definition) is 4. The lowest BCUT2D eigenvalue weighted by atomic mass is 10.1. The molecule has 2 aromatic heterocycles. The van der Waals surface area contributed by atoms with E-state index in [2.05, 4.69) is 15.3 Å². The zero-order valence-corrected chi connectivity index (χ0v) is 10.2. The standard InChI is InChI=1S/C12H16N4O2/c1-2-4-10(11(17)18)14-7-9-8-16-6-3-5-13-12(16)15-9/h3,5-6,8,10,14H,2,4,7H2,1H3,(H,17,18). The van der Waals surface area contributed by atoms with Gasteiger partial charge in [-0.25, -0.2) is 9.97 Å². The Bertz CT molecular complexity index is 505. The maximum absolute atomic E-state index is 11.0. The van der Waals surface area contributed by atoms with Crippen LogP contribution in [0.3, 0.4) is 0 Å². The van der Waals surface area contributed by atoms with Crippen molar-refractivity contribution < 1.29 is 9.90 Å². The Labute approximate surface area is 105 Å². The molecule has 2 rings (SSSR count). The number of aromatic nitrogens is 3. The number of imidazole rings is 1. The Kier molecular flexibility index (Phi) is 3.88. The van der Waals surface area contributed by atoms with E-state index < -0.39 is 12.0 Å². The molecule has 0 aliphatic heterocycles. The SMILES string of the molecule is CCCC(NCc1cn2cccnc2n1)C(=O)O. The molecule has 96 valence electrons. The van der Waals surface area contributed by atoms with Gasteiger partial charge in [-0.3, -0.25) is 14.5 Å². The first-order valence-corrected chi connectivity index (χ1v) is 5.95. The van der Waals surface area contributed by atoms with E-state index in [1.165, 1.54) is 0 Å². The predicted molar refractivity (Wildman–Crippen MR) is 66.2 cm³/mol. The molecule has 0 radical (unpaired) electrons. The van der Waals surface area contributed by atoms with Crippen molar-refractivity contribution in [2.24, 2.45) is 0 Å². The number of hydrogen-bond donors (Lipinski definition) is 2. The average molecular weight is 248 g/mol. The van der Waals surface area contributed by atoms with Crippen LogP contribution in [0.15, 0.2) is 24.7 Å². The number of nitrogens with one attached hydrogen (secondary N) is 1. The van der Waals surface area contributed by atoms with Crippen LogP contribution in [0, 0.1) is 0 Å². The lowest BCUT2D eigenvalue weighted by molar-refractivity contribution is -0.139. The summed E-state index contributed by atoms with van der Waals surface area (Å²) in [5, 5.41) is 12.0. The normalized spacial score (nSPS) is 12.7. The van der Waals surface area contributed by atoms with Crippen LogP contribution in [0.2, 0.25) is 0 Å². The van der Waals surface area contributed by atoms with Gasteiger partial charge in [-0.15, -0.1) is 0 Å². The van der Waals surface area contributed by atoms with E-state index >= 15 is 0 Å². The van der Waals surface area contributed by atoms with E-state index in [0.29, 0.717) is 18.7 Å². The second kappa shape index (κ2) is 5.59. The molecule has 0 fully saturated rings. The highest BCUT2D eigenvalue weighted by atomic mass is 16.4. The van der Waals surface area contributed by atoms with Crippen molar-refractivity contribution in [3.8, 4) is 0 Å². The zero-order chi connectivity index (χ0) is 13.0. The molecule has 0 saturated heterocycles. The van der Waals surface area contributed by atoms with Gasteiger partial charge in [-0.2, -0.15) is 0 Å². The van der Waals surface area contributed by atoms with E-state index in [1.54, 1.807) is 6.20 Å². The first-order chi connectivity index (χ1) is 8.70. The van der Waals surface area contributed by atoms with Crippen LogP contribution in [-0.4, -0.2) is 31.5 Å². The Hall–Kier alpha value is -1.95. The third-order valence-electron chi connectivity index (χ3n) is 2.69. The molecule has 2 N–H and O–H groups in total. The van der Waals surface area contributed by atoms with Gasteiger partial charge in [-0.1, -0.05) is 13.3 Å². The fourth-order valence-corrected chi connectivity index (χ4v) is 1.79. The Balaban J connectivity index is 2.02. The lowest BCUT2D eigenvalue weighted by Gasteiger charge is -2.11. The molecule has 1 unspecified atom stereocenters. The van der Waals surface area contributed by atoms with Crippen molar-refractivity contribution in [3.63, 3.8) is 0 Å². The first kappa shape index (κ1) is 12.5. The van der Waals surface area contributed by atoms with Crippen LogP contribution in [0.4, 0.5) is 0 Å². The number of aliphatic carboxylic acids is 1. The van der Waals surface area contributed by atoms with Gasteiger partial charge in [0.15, 0.2) is 0 Å². The highest BCUT2D eigenvalue weighted by molar-refractivity contribution is 5.73. The van der Waals surface area contributed by atoms with Crippen LogP contribution in [0.25, 0.3) is 5.78 Å². The van der Waals surface area contributed by atoms with Crippen LogP contribution < -0.4 is 5.32 Å². The quantitative estimate of drug-likeness (QED) is 0.799. The lowest BCUT2D eigenvalue weighted by Crippen LogP contribution is -2.36. The van der Waals surface area contributed by atoms with E-state index in [-0.39, 0.29) is 0 Å². The molecule has 1 atom stereocenters. The van der Waals surface area contributed by atoms with Gasteiger partial charge in [0, 0.05) is 25.1 Å². The summed E-state index contributed by atoms with van der Waals surface area (Å²) < 4.78 is 1.81. The molecule has 0 saturated carbocycles. The largest absolute Gasteiger partial charge is 0.480 e. The third kappa shape index (κ3) is 2.84. The molecule has 18 heavy (non-hydrogen) atoms. The van der Waals surface area contributed by atoms with Crippen molar-refractivity contribution in [3.05, 3.63) is 30.4 Å². The van der Waals surface area contributed by atoms with Crippen molar-refractivity contribution >= 4 is 11.7 Å². The summed E-state index contributed by atoms with van der Waals surface area (Å²) in [6, 6.07) is 1.30. The number of nitrogens with zero attached hydrogens (tertiary/aromatic N) is 3. The average Bonchev–Trinajstić information content (AvgIpc) is 2.76. The third-order valence-corrected chi connectivity index (χ3v) is 2.69. The summed E-state index contributed by atoms with van der Waals surface area (Å²) in [6.07, 6.45) is 6.83. The second-order valence-electron chi connectivity index (χ2n) is 4.12. The Morgan fingerprint density at radius 3 is 3.11 bits per heavy atom. The molecule has 0 aromatic carbocycles. The minimum atomic E-state index is -0.821. The predicted octanol–water partition coefficient (Wildman–Crippen LogP) is 1.07. The van der Waals surface area contributed by atoms with Gasteiger partial charge in [0.1, 0.15) is 6.04 Å². The molecular formula is C12H16N4O2. The summed E-state index contributed by atoms with van der Waals surface area (Å²) in [7, 11) is 0. The smallest absolute Gasteiger partial charge is 0.320 e. The number of fused-ring (bicyclic) bond motifs is 1. The van der Waals surface area contributed by atoms with Crippen LogP contribution in [0.1, 0.15) is 25.5 Å². The van der Waals surface area contributed by atoms with Crippen LogP contribution >= 0.6 is 0 Å². The van der Waals surface area contributed by atoms with E-state index in [1.807, 2.05) is 29.8 Å². The zero-order valence-electron chi connectivity index (χ0n) is 10.2. The van der Waals surface area contributed by atoms with Gasteiger partial charge in [0.2, 0.25) is 5.78 Å². The Morgan fingerprint density at radius 1 is 1.61 bits per heavy atom. The molecule has 2 heterocycles. The number of rotatable bonds is 6. The van der Waals surface area contributed by atoms with Crippen molar-refractivity contribution in [1.82, 2.24) is 19.7 Å². The minimum absolute atomic E-state index is 0.431. The highest BCUT2D eigenvalue weighted by Gasteiger charge is 2.15. The van der Waals surface area contributed by atoms with Crippen molar-refractivity contribution in [1.29, 1.82) is 0 Å². The first-order valence-electron chi connectivity index (χ1n) is 5.95. The molecule has 0 amide bonds. The summed E-state index contributed by atoms with van der Waals surface area (Å²) >= 11 is 0. The van der Waals surface area contributed by atoms with E-state index in [4.69, 9.17) is 5.11 Å². The minimum Gasteiger partial charge on any atom is -0.480 e.